The van der Waals surface area contributed by atoms with E-state index in [0.717, 1.165) is 5.56 Å². The lowest BCUT2D eigenvalue weighted by Crippen LogP contribution is -2.37. The molecule has 1 rings (SSSR count). The summed E-state index contributed by atoms with van der Waals surface area (Å²) in [6.07, 6.45) is 0. The van der Waals surface area contributed by atoms with Crippen molar-refractivity contribution < 1.29 is 14.3 Å². The number of carbonyl (C=O) groups excluding carboxylic acids is 2. The zero-order chi connectivity index (χ0) is 16.0. The van der Waals surface area contributed by atoms with Crippen LogP contribution in [0.3, 0.4) is 0 Å². The molecule has 21 heavy (non-hydrogen) atoms. The number of urea groups is 1. The summed E-state index contributed by atoms with van der Waals surface area (Å²) >= 11 is 0. The molecule has 0 fully saturated rings. The molecule has 0 saturated heterocycles. The minimum atomic E-state index is -0.374. The van der Waals surface area contributed by atoms with Crippen LogP contribution in [0.5, 0.6) is 0 Å². The molecule has 116 valence electrons. The first-order valence-electron chi connectivity index (χ1n) is 6.80. The monoisotopic (exact) mass is 293 g/mol. The molecular formula is C15H23N3O3. The smallest absolute Gasteiger partial charge is 0.321 e. The highest BCUT2D eigenvalue weighted by atomic mass is 16.5. The number of nitrogens with one attached hydrogen (secondary N) is 1. The van der Waals surface area contributed by atoms with Gasteiger partial charge in [-0.25, -0.2) is 4.79 Å². The molecule has 2 atom stereocenters. The standard InChI is InChI=1S/C15H23N3O3/c1-10(14(19)21-4)9-18(3)15(20)17-13-7-5-6-12(8-13)11(2)16/h5-8,10-11H,9,16H2,1-4H3,(H,17,20). The van der Waals surface area contributed by atoms with Crippen LogP contribution in [0.25, 0.3) is 0 Å². The van der Waals surface area contributed by atoms with Gasteiger partial charge in [0.2, 0.25) is 0 Å². The maximum absolute atomic E-state index is 12.1. The number of benzene rings is 1. The normalized spacial score (nSPS) is 13.2. The van der Waals surface area contributed by atoms with Gasteiger partial charge in [-0.1, -0.05) is 19.1 Å². The lowest BCUT2D eigenvalue weighted by atomic mass is 10.1. The fraction of sp³-hybridized carbons (Fsp3) is 0.467. The Labute approximate surface area is 125 Å². The van der Waals surface area contributed by atoms with E-state index < -0.39 is 0 Å². The lowest BCUT2D eigenvalue weighted by Gasteiger charge is -2.21. The third kappa shape index (κ3) is 5.07. The van der Waals surface area contributed by atoms with Crippen LogP contribution in [0.1, 0.15) is 25.5 Å². The molecule has 0 aliphatic carbocycles. The Kier molecular flexibility index (Phi) is 6.17. The van der Waals surface area contributed by atoms with Gasteiger partial charge in [0.15, 0.2) is 0 Å². The van der Waals surface area contributed by atoms with Crippen molar-refractivity contribution >= 4 is 17.7 Å². The summed E-state index contributed by atoms with van der Waals surface area (Å²) in [6, 6.07) is 6.99. The highest BCUT2D eigenvalue weighted by molar-refractivity contribution is 5.89. The molecule has 0 aliphatic rings. The van der Waals surface area contributed by atoms with Crippen LogP contribution in [0.2, 0.25) is 0 Å². The van der Waals surface area contributed by atoms with Crippen LogP contribution in [-0.4, -0.2) is 37.6 Å². The molecule has 0 bridgehead atoms. The number of carbonyl (C=O) groups is 2. The average Bonchev–Trinajstić information content (AvgIpc) is 2.46. The molecule has 3 N–H and O–H groups in total. The molecule has 0 radical (unpaired) electrons. The molecule has 0 aliphatic heterocycles. The van der Waals surface area contributed by atoms with Crippen LogP contribution < -0.4 is 11.1 Å². The minimum Gasteiger partial charge on any atom is -0.469 e. The first kappa shape index (κ1) is 17.0. The van der Waals surface area contributed by atoms with Crippen LogP contribution in [0.15, 0.2) is 24.3 Å². The van der Waals surface area contributed by atoms with Crippen LogP contribution in [0.4, 0.5) is 10.5 Å². The molecule has 6 heteroatoms. The van der Waals surface area contributed by atoms with Gasteiger partial charge in [0.1, 0.15) is 0 Å². The van der Waals surface area contributed by atoms with Gasteiger partial charge in [-0.15, -0.1) is 0 Å². The Balaban J connectivity index is 2.64. The fourth-order valence-electron chi connectivity index (χ4n) is 1.89. The van der Waals surface area contributed by atoms with Crippen LogP contribution in [-0.2, 0) is 9.53 Å². The minimum absolute atomic E-state index is 0.0982. The van der Waals surface area contributed by atoms with E-state index >= 15 is 0 Å². The van der Waals surface area contributed by atoms with Crippen LogP contribution >= 0.6 is 0 Å². The largest absolute Gasteiger partial charge is 0.469 e. The number of esters is 1. The molecule has 0 aromatic heterocycles. The maximum atomic E-state index is 12.1. The molecule has 1 aromatic carbocycles. The summed E-state index contributed by atoms with van der Waals surface area (Å²) in [6.45, 7) is 3.88. The van der Waals surface area contributed by atoms with Crippen molar-refractivity contribution in [3.8, 4) is 0 Å². The van der Waals surface area contributed by atoms with Crippen molar-refractivity contribution in [3.63, 3.8) is 0 Å². The van der Waals surface area contributed by atoms with E-state index in [9.17, 15) is 9.59 Å². The summed E-state index contributed by atoms with van der Waals surface area (Å²) in [5, 5.41) is 2.78. The molecule has 0 saturated carbocycles. The van der Waals surface area contributed by atoms with Crippen molar-refractivity contribution in [1.82, 2.24) is 4.90 Å². The number of nitrogens with two attached hydrogens (primary N) is 1. The highest BCUT2D eigenvalue weighted by Gasteiger charge is 2.18. The van der Waals surface area contributed by atoms with E-state index in [0.29, 0.717) is 5.69 Å². The van der Waals surface area contributed by atoms with E-state index in [1.165, 1.54) is 12.0 Å². The Hall–Kier alpha value is -2.08. The third-order valence-electron chi connectivity index (χ3n) is 3.16. The average molecular weight is 293 g/mol. The Morgan fingerprint density at radius 1 is 1.38 bits per heavy atom. The van der Waals surface area contributed by atoms with Gasteiger partial charge in [0.25, 0.3) is 0 Å². The first-order chi connectivity index (χ1) is 9.85. The van der Waals surface area contributed by atoms with Crippen molar-refractivity contribution in [1.29, 1.82) is 0 Å². The Bertz CT molecular complexity index is 503. The number of methoxy groups -OCH3 is 1. The Morgan fingerprint density at radius 2 is 2.05 bits per heavy atom. The second-order valence-electron chi connectivity index (χ2n) is 5.15. The number of nitrogens with zero attached hydrogens (tertiary/aromatic N) is 1. The van der Waals surface area contributed by atoms with Gasteiger partial charge in [-0.2, -0.15) is 0 Å². The zero-order valence-corrected chi connectivity index (χ0v) is 12.9. The van der Waals surface area contributed by atoms with Crippen molar-refractivity contribution in [2.24, 2.45) is 11.7 Å². The number of anilines is 1. The number of rotatable bonds is 5. The van der Waals surface area contributed by atoms with Gasteiger partial charge >= 0.3 is 12.0 Å². The first-order valence-corrected chi connectivity index (χ1v) is 6.80. The highest BCUT2D eigenvalue weighted by Crippen LogP contribution is 2.16. The lowest BCUT2D eigenvalue weighted by molar-refractivity contribution is -0.145. The molecule has 1 aromatic rings. The summed E-state index contributed by atoms with van der Waals surface area (Å²) < 4.78 is 4.64. The van der Waals surface area contributed by atoms with E-state index in [2.05, 4.69) is 10.1 Å². The van der Waals surface area contributed by atoms with Crippen molar-refractivity contribution in [2.75, 3.05) is 26.0 Å². The summed E-state index contributed by atoms with van der Waals surface area (Å²) in [4.78, 5) is 24.9. The van der Waals surface area contributed by atoms with Crippen molar-refractivity contribution in [2.45, 2.75) is 19.9 Å². The number of hydrogen-bond acceptors (Lipinski definition) is 4. The zero-order valence-electron chi connectivity index (χ0n) is 12.9. The summed E-state index contributed by atoms with van der Waals surface area (Å²) in [5.41, 5.74) is 7.43. The fourth-order valence-corrected chi connectivity index (χ4v) is 1.89. The molecule has 6 nitrogen and oxygen atoms in total. The maximum Gasteiger partial charge on any atom is 0.321 e. The predicted molar refractivity (Wildman–Crippen MR) is 81.9 cm³/mol. The molecular weight excluding hydrogens is 270 g/mol. The van der Waals surface area contributed by atoms with E-state index in [1.54, 1.807) is 20.0 Å². The summed E-state index contributed by atoms with van der Waals surface area (Å²) in [5.74, 6) is -0.713. The second kappa shape index (κ2) is 7.64. The number of ether oxygens (including phenoxy) is 1. The summed E-state index contributed by atoms with van der Waals surface area (Å²) in [7, 11) is 2.96. The van der Waals surface area contributed by atoms with E-state index in [1.807, 2.05) is 25.1 Å². The molecule has 0 heterocycles. The van der Waals surface area contributed by atoms with Gasteiger partial charge in [0.05, 0.1) is 13.0 Å². The van der Waals surface area contributed by atoms with Gasteiger partial charge in [-0.05, 0) is 24.6 Å². The van der Waals surface area contributed by atoms with E-state index in [4.69, 9.17) is 5.73 Å². The molecule has 0 spiro atoms. The van der Waals surface area contributed by atoms with Gasteiger partial charge < -0.3 is 20.7 Å². The van der Waals surface area contributed by atoms with Crippen molar-refractivity contribution in [3.05, 3.63) is 29.8 Å². The SMILES string of the molecule is COC(=O)C(C)CN(C)C(=O)Nc1cccc(C(C)N)c1. The van der Waals surface area contributed by atoms with Gasteiger partial charge in [0, 0.05) is 25.3 Å². The number of amides is 2. The molecule has 2 unspecified atom stereocenters. The topological polar surface area (TPSA) is 84.7 Å². The quantitative estimate of drug-likeness (QED) is 0.813. The van der Waals surface area contributed by atoms with Crippen LogP contribution in [0, 0.1) is 5.92 Å². The number of hydrogen-bond donors (Lipinski definition) is 2. The Morgan fingerprint density at radius 3 is 2.62 bits per heavy atom. The predicted octanol–water partition coefficient (Wildman–Crippen LogP) is 1.98. The van der Waals surface area contributed by atoms with Gasteiger partial charge in [-0.3, -0.25) is 4.79 Å². The molecule has 2 amide bonds. The second-order valence-corrected chi connectivity index (χ2v) is 5.15. The van der Waals surface area contributed by atoms with E-state index in [-0.39, 0.29) is 30.5 Å². The third-order valence-corrected chi connectivity index (χ3v) is 3.16.